The van der Waals surface area contributed by atoms with Gasteiger partial charge in [-0.05, 0) is 61.4 Å². The Bertz CT molecular complexity index is 744. The van der Waals surface area contributed by atoms with Crippen LogP contribution in [0.1, 0.15) is 28.8 Å². The molecular weight excluding hydrogens is 347 g/mol. The van der Waals surface area contributed by atoms with Crippen LogP contribution in [0.25, 0.3) is 0 Å². The number of hydrogen-bond donors (Lipinski definition) is 0. The van der Waals surface area contributed by atoms with Crippen molar-refractivity contribution in [3.63, 3.8) is 0 Å². The van der Waals surface area contributed by atoms with Crippen LogP contribution in [0, 0.1) is 12.7 Å². The summed E-state index contributed by atoms with van der Waals surface area (Å²) < 4.78 is 23.1. The minimum Gasteiger partial charge on any atom is -0.482 e. The van der Waals surface area contributed by atoms with E-state index in [4.69, 9.17) is 21.1 Å². The van der Waals surface area contributed by atoms with Gasteiger partial charge < -0.3 is 9.47 Å². The average molecular weight is 365 g/mol. The summed E-state index contributed by atoms with van der Waals surface area (Å²) in [4.78, 5) is 23.5. The lowest BCUT2D eigenvalue weighted by Crippen LogP contribution is -2.16. The van der Waals surface area contributed by atoms with E-state index in [1.54, 1.807) is 18.2 Å². The van der Waals surface area contributed by atoms with E-state index in [0.717, 1.165) is 5.56 Å². The Kier molecular flexibility index (Phi) is 6.95. The molecule has 0 aliphatic carbocycles. The molecule has 0 amide bonds. The average Bonchev–Trinajstić information content (AvgIpc) is 2.60. The van der Waals surface area contributed by atoms with Gasteiger partial charge in [0.1, 0.15) is 11.6 Å². The summed E-state index contributed by atoms with van der Waals surface area (Å²) in [5, 5.41) is 0.626. The summed E-state index contributed by atoms with van der Waals surface area (Å²) in [6.07, 6.45) is 0.609. The van der Waals surface area contributed by atoms with E-state index in [9.17, 15) is 14.0 Å². The number of carbonyl (C=O) groups excluding carboxylic acids is 2. The van der Waals surface area contributed by atoms with Crippen molar-refractivity contribution in [3.8, 4) is 5.75 Å². The number of esters is 1. The second-order valence-corrected chi connectivity index (χ2v) is 5.86. The zero-order valence-electron chi connectivity index (χ0n) is 13.8. The van der Waals surface area contributed by atoms with E-state index in [1.807, 2.05) is 6.92 Å². The molecule has 0 heterocycles. The van der Waals surface area contributed by atoms with Crippen molar-refractivity contribution in [1.82, 2.24) is 0 Å². The predicted molar refractivity (Wildman–Crippen MR) is 92.6 cm³/mol. The molecule has 0 saturated heterocycles. The number of aryl methyl sites for hydroxylation is 1. The summed E-state index contributed by atoms with van der Waals surface area (Å²) >= 11 is 5.91. The van der Waals surface area contributed by atoms with Gasteiger partial charge >= 0.3 is 5.97 Å². The minimum absolute atomic E-state index is 0.120. The monoisotopic (exact) mass is 364 g/mol. The minimum atomic E-state index is -0.512. The summed E-state index contributed by atoms with van der Waals surface area (Å²) in [5.41, 5.74) is 1.29. The third-order valence-corrected chi connectivity index (χ3v) is 3.89. The number of benzene rings is 2. The number of hydrogen-bond acceptors (Lipinski definition) is 4. The Labute approximate surface area is 150 Å². The molecule has 0 aliphatic heterocycles. The topological polar surface area (TPSA) is 52.6 Å². The molecule has 0 saturated carbocycles. The predicted octanol–water partition coefficient (Wildman–Crippen LogP) is 4.37. The van der Waals surface area contributed by atoms with Crippen LogP contribution in [0.15, 0.2) is 42.5 Å². The SMILES string of the molecule is Cc1cc(OCC(=O)OCCCC(=O)c2ccc(F)cc2)ccc1Cl. The van der Waals surface area contributed by atoms with Gasteiger partial charge in [-0.1, -0.05) is 11.6 Å². The van der Waals surface area contributed by atoms with Crippen LogP contribution >= 0.6 is 11.6 Å². The van der Waals surface area contributed by atoms with Gasteiger partial charge in [0.2, 0.25) is 0 Å². The molecule has 0 aromatic heterocycles. The fourth-order valence-electron chi connectivity index (χ4n) is 2.09. The lowest BCUT2D eigenvalue weighted by molar-refractivity contribution is -0.146. The third kappa shape index (κ3) is 6.19. The Morgan fingerprint density at radius 3 is 2.52 bits per heavy atom. The zero-order valence-corrected chi connectivity index (χ0v) is 14.5. The number of Topliss-reactive ketones (excluding diaryl/α,β-unsaturated/α-hetero) is 1. The first-order chi connectivity index (χ1) is 12.0. The molecule has 2 aromatic rings. The summed E-state index contributed by atoms with van der Waals surface area (Å²) in [6, 6.07) is 10.4. The first kappa shape index (κ1) is 18.9. The maximum Gasteiger partial charge on any atom is 0.344 e. The van der Waals surface area contributed by atoms with E-state index in [1.165, 1.54) is 24.3 Å². The van der Waals surface area contributed by atoms with Crippen molar-refractivity contribution in [1.29, 1.82) is 0 Å². The first-order valence-electron chi connectivity index (χ1n) is 7.79. The fraction of sp³-hybridized carbons (Fsp3) is 0.263. The largest absolute Gasteiger partial charge is 0.482 e. The van der Waals surface area contributed by atoms with Gasteiger partial charge in [0.15, 0.2) is 12.4 Å². The van der Waals surface area contributed by atoms with Crippen molar-refractivity contribution in [2.24, 2.45) is 0 Å². The molecule has 0 spiro atoms. The molecule has 2 rings (SSSR count). The number of ether oxygens (including phenoxy) is 2. The molecule has 0 unspecified atom stereocenters. The number of carbonyl (C=O) groups is 2. The maximum atomic E-state index is 12.8. The standard InChI is InChI=1S/C19H18ClFO4/c1-13-11-16(8-9-17(13)20)25-12-19(23)24-10-2-3-18(22)14-4-6-15(21)7-5-14/h4-9,11H,2-3,10,12H2,1H3. The molecule has 6 heteroatoms. The van der Waals surface area contributed by atoms with E-state index in [2.05, 4.69) is 0 Å². The van der Waals surface area contributed by atoms with Crippen LogP contribution in [0.4, 0.5) is 4.39 Å². The molecule has 0 radical (unpaired) electrons. The highest BCUT2D eigenvalue weighted by Crippen LogP contribution is 2.20. The molecular formula is C19H18ClFO4. The van der Waals surface area contributed by atoms with E-state index < -0.39 is 5.97 Å². The van der Waals surface area contributed by atoms with E-state index >= 15 is 0 Å². The second-order valence-electron chi connectivity index (χ2n) is 5.45. The van der Waals surface area contributed by atoms with Crippen molar-refractivity contribution < 1.29 is 23.5 Å². The van der Waals surface area contributed by atoms with Crippen molar-refractivity contribution in [3.05, 3.63) is 64.4 Å². The Morgan fingerprint density at radius 1 is 1.12 bits per heavy atom. The molecule has 0 N–H and O–H groups in total. The normalized spacial score (nSPS) is 10.4. The van der Waals surface area contributed by atoms with Gasteiger partial charge in [-0.25, -0.2) is 9.18 Å². The lowest BCUT2D eigenvalue weighted by atomic mass is 10.1. The molecule has 0 atom stereocenters. The summed E-state index contributed by atoms with van der Waals surface area (Å²) in [7, 11) is 0. The van der Waals surface area contributed by atoms with Gasteiger partial charge in [-0.15, -0.1) is 0 Å². The van der Waals surface area contributed by atoms with E-state index in [0.29, 0.717) is 22.8 Å². The van der Waals surface area contributed by atoms with Crippen molar-refractivity contribution in [2.45, 2.75) is 19.8 Å². The van der Waals surface area contributed by atoms with Crippen LogP contribution in [0.5, 0.6) is 5.75 Å². The zero-order chi connectivity index (χ0) is 18.2. The fourth-order valence-corrected chi connectivity index (χ4v) is 2.21. The molecule has 0 fully saturated rings. The van der Waals surface area contributed by atoms with Gasteiger partial charge in [-0.2, -0.15) is 0 Å². The molecule has 132 valence electrons. The Hall–Kier alpha value is -2.40. The van der Waals surface area contributed by atoms with Gasteiger partial charge in [0.25, 0.3) is 0 Å². The first-order valence-corrected chi connectivity index (χ1v) is 8.17. The van der Waals surface area contributed by atoms with Gasteiger partial charge in [0.05, 0.1) is 6.61 Å². The second kappa shape index (κ2) is 9.18. The van der Waals surface area contributed by atoms with Crippen molar-refractivity contribution in [2.75, 3.05) is 13.2 Å². The Morgan fingerprint density at radius 2 is 1.84 bits per heavy atom. The summed E-state index contributed by atoms with van der Waals surface area (Å²) in [6.45, 7) is 1.74. The maximum absolute atomic E-state index is 12.8. The number of halogens is 2. The Balaban J connectivity index is 1.65. The summed E-state index contributed by atoms with van der Waals surface area (Å²) in [5.74, 6) is -0.488. The van der Waals surface area contributed by atoms with Crippen LogP contribution in [0.2, 0.25) is 5.02 Å². The number of rotatable bonds is 8. The van der Waals surface area contributed by atoms with Crippen LogP contribution < -0.4 is 4.74 Å². The molecule has 0 aliphatic rings. The van der Waals surface area contributed by atoms with Crippen molar-refractivity contribution >= 4 is 23.4 Å². The lowest BCUT2D eigenvalue weighted by Gasteiger charge is -2.08. The third-order valence-electron chi connectivity index (χ3n) is 3.46. The van der Waals surface area contributed by atoms with E-state index in [-0.39, 0.29) is 31.2 Å². The molecule has 0 bridgehead atoms. The van der Waals surface area contributed by atoms with Gasteiger partial charge in [-0.3, -0.25) is 4.79 Å². The highest BCUT2D eigenvalue weighted by atomic mass is 35.5. The van der Waals surface area contributed by atoms with Crippen LogP contribution in [0.3, 0.4) is 0 Å². The van der Waals surface area contributed by atoms with Crippen LogP contribution in [-0.2, 0) is 9.53 Å². The van der Waals surface area contributed by atoms with Gasteiger partial charge in [0, 0.05) is 17.0 Å². The molecule has 25 heavy (non-hydrogen) atoms. The molecule has 4 nitrogen and oxygen atoms in total. The highest BCUT2D eigenvalue weighted by molar-refractivity contribution is 6.31. The molecule has 2 aromatic carbocycles. The quantitative estimate of drug-likeness (QED) is 0.396. The smallest absolute Gasteiger partial charge is 0.344 e. The highest BCUT2D eigenvalue weighted by Gasteiger charge is 2.08. The number of ketones is 1. The van der Waals surface area contributed by atoms with Crippen LogP contribution in [-0.4, -0.2) is 25.0 Å².